The summed E-state index contributed by atoms with van der Waals surface area (Å²) < 4.78 is 5.34. The van der Waals surface area contributed by atoms with Gasteiger partial charge in [0.2, 0.25) is 5.91 Å². The first kappa shape index (κ1) is 16.3. The van der Waals surface area contributed by atoms with Crippen molar-refractivity contribution in [2.45, 2.75) is 51.1 Å². The molecule has 2 fully saturated rings. The molecule has 1 N–H and O–H groups in total. The van der Waals surface area contributed by atoms with Gasteiger partial charge in [-0.3, -0.25) is 9.69 Å². The maximum atomic E-state index is 12.4. The fraction of sp³-hybridized carbons (Fsp3) is 0.632. The van der Waals surface area contributed by atoms with E-state index in [-0.39, 0.29) is 5.91 Å². The largest absolute Gasteiger partial charge is 0.496 e. The van der Waals surface area contributed by atoms with Gasteiger partial charge in [0.15, 0.2) is 0 Å². The molecule has 4 heteroatoms. The number of piperidine rings is 1. The van der Waals surface area contributed by atoms with Gasteiger partial charge in [-0.25, -0.2) is 0 Å². The summed E-state index contributed by atoms with van der Waals surface area (Å²) in [5, 5.41) is 3.06. The molecule has 1 amide bonds. The number of hydrogen-bond donors (Lipinski definition) is 1. The van der Waals surface area contributed by atoms with Crippen LogP contribution in [0.5, 0.6) is 5.75 Å². The van der Waals surface area contributed by atoms with Crippen LogP contribution in [0.1, 0.15) is 44.1 Å². The molecule has 1 aliphatic heterocycles. The smallest absolute Gasteiger partial charge is 0.234 e. The fourth-order valence-corrected chi connectivity index (χ4v) is 4.21. The topological polar surface area (TPSA) is 41.6 Å². The van der Waals surface area contributed by atoms with Crippen molar-refractivity contribution >= 4 is 5.91 Å². The third-order valence-electron chi connectivity index (χ3n) is 5.37. The predicted molar refractivity (Wildman–Crippen MR) is 91.4 cm³/mol. The maximum absolute atomic E-state index is 12.4. The van der Waals surface area contributed by atoms with Gasteiger partial charge >= 0.3 is 0 Å². The fourth-order valence-electron chi connectivity index (χ4n) is 4.21. The van der Waals surface area contributed by atoms with Crippen LogP contribution in [0.15, 0.2) is 24.3 Å². The molecule has 2 atom stereocenters. The summed E-state index contributed by atoms with van der Waals surface area (Å²) in [6.45, 7) is 2.14. The summed E-state index contributed by atoms with van der Waals surface area (Å²) in [6, 6.07) is 8.48. The van der Waals surface area contributed by atoms with Gasteiger partial charge in [-0.05, 0) is 44.2 Å². The van der Waals surface area contributed by atoms with Gasteiger partial charge < -0.3 is 10.1 Å². The monoisotopic (exact) mass is 316 g/mol. The number of nitrogens with zero attached hydrogens (tertiary/aromatic N) is 1. The Labute approximate surface area is 139 Å². The van der Waals surface area contributed by atoms with E-state index in [0.29, 0.717) is 19.1 Å². The normalized spacial score (nSPS) is 24.7. The minimum atomic E-state index is 0.127. The highest BCUT2D eigenvalue weighted by Crippen LogP contribution is 2.34. The van der Waals surface area contributed by atoms with Crippen LogP contribution < -0.4 is 10.1 Å². The molecule has 3 rings (SSSR count). The van der Waals surface area contributed by atoms with Gasteiger partial charge in [0.05, 0.1) is 13.7 Å². The van der Waals surface area contributed by atoms with Crippen LogP contribution in [0.3, 0.4) is 0 Å². The van der Waals surface area contributed by atoms with E-state index >= 15 is 0 Å². The molecular formula is C19H28N2O2. The number of para-hydroxylation sites is 1. The Morgan fingerprint density at radius 2 is 2.00 bits per heavy atom. The van der Waals surface area contributed by atoms with Gasteiger partial charge in [0.25, 0.3) is 0 Å². The van der Waals surface area contributed by atoms with Crippen molar-refractivity contribution in [3.05, 3.63) is 29.8 Å². The van der Waals surface area contributed by atoms with Crippen LogP contribution in [0, 0.1) is 5.92 Å². The van der Waals surface area contributed by atoms with E-state index in [9.17, 15) is 4.79 Å². The van der Waals surface area contributed by atoms with Gasteiger partial charge in [-0.1, -0.05) is 31.0 Å². The number of carbonyl (C=O) groups is 1. The average Bonchev–Trinajstić information content (AvgIpc) is 2.60. The first-order valence-electron chi connectivity index (χ1n) is 8.90. The molecule has 4 nitrogen and oxygen atoms in total. The molecular weight excluding hydrogens is 288 g/mol. The quantitative estimate of drug-likeness (QED) is 0.908. The van der Waals surface area contributed by atoms with Crippen LogP contribution >= 0.6 is 0 Å². The Balaban J connectivity index is 1.52. The van der Waals surface area contributed by atoms with E-state index in [1.165, 1.54) is 38.5 Å². The molecule has 1 saturated heterocycles. The second kappa shape index (κ2) is 7.82. The van der Waals surface area contributed by atoms with E-state index in [0.717, 1.165) is 23.8 Å². The lowest BCUT2D eigenvalue weighted by Gasteiger charge is -2.43. The Morgan fingerprint density at radius 3 is 2.87 bits per heavy atom. The molecule has 0 aromatic heterocycles. The third-order valence-corrected chi connectivity index (χ3v) is 5.37. The number of nitrogens with one attached hydrogen (secondary N) is 1. The molecule has 1 saturated carbocycles. The Bertz CT molecular complexity index is 530. The number of rotatable bonds is 5. The summed E-state index contributed by atoms with van der Waals surface area (Å²) in [5.41, 5.74) is 1.03. The van der Waals surface area contributed by atoms with Crippen molar-refractivity contribution in [1.82, 2.24) is 10.2 Å². The molecule has 23 heavy (non-hydrogen) atoms. The van der Waals surface area contributed by atoms with Crippen molar-refractivity contribution < 1.29 is 9.53 Å². The molecule has 126 valence electrons. The highest BCUT2D eigenvalue weighted by atomic mass is 16.5. The second-order valence-electron chi connectivity index (χ2n) is 6.81. The average molecular weight is 316 g/mol. The summed E-state index contributed by atoms with van der Waals surface area (Å²) in [5.74, 6) is 1.78. The number of hydrogen-bond acceptors (Lipinski definition) is 3. The standard InChI is InChI=1S/C19H28N2O2/c1-23-18-11-5-3-8-16(18)13-20-19(22)14-21-12-6-9-15-7-2-4-10-17(15)21/h3,5,8,11,15,17H,2,4,6-7,9-10,12-14H2,1H3,(H,20,22). The van der Waals surface area contributed by atoms with Crippen LogP contribution in [-0.4, -0.2) is 37.0 Å². The van der Waals surface area contributed by atoms with Gasteiger partial charge in [0.1, 0.15) is 5.75 Å². The van der Waals surface area contributed by atoms with E-state index in [4.69, 9.17) is 4.74 Å². The van der Waals surface area contributed by atoms with Crippen molar-refractivity contribution in [3.8, 4) is 5.75 Å². The predicted octanol–water partition coefficient (Wildman–Crippen LogP) is 2.97. The van der Waals surface area contributed by atoms with Gasteiger partial charge in [-0.2, -0.15) is 0 Å². The molecule has 1 aromatic rings. The molecule has 1 aliphatic carbocycles. The summed E-state index contributed by atoms with van der Waals surface area (Å²) in [4.78, 5) is 14.8. The van der Waals surface area contributed by atoms with Crippen molar-refractivity contribution in [2.24, 2.45) is 5.92 Å². The summed E-state index contributed by atoms with van der Waals surface area (Å²) in [7, 11) is 1.66. The number of amides is 1. The highest BCUT2D eigenvalue weighted by molar-refractivity contribution is 5.78. The van der Waals surface area contributed by atoms with E-state index < -0.39 is 0 Å². The van der Waals surface area contributed by atoms with Crippen LogP contribution in [-0.2, 0) is 11.3 Å². The van der Waals surface area contributed by atoms with E-state index in [1.54, 1.807) is 7.11 Å². The molecule has 0 radical (unpaired) electrons. The minimum absolute atomic E-state index is 0.127. The second-order valence-corrected chi connectivity index (χ2v) is 6.81. The zero-order chi connectivity index (χ0) is 16.1. The maximum Gasteiger partial charge on any atom is 0.234 e. The molecule has 2 unspecified atom stereocenters. The van der Waals surface area contributed by atoms with Gasteiger partial charge in [-0.15, -0.1) is 0 Å². The van der Waals surface area contributed by atoms with Crippen LogP contribution in [0.25, 0.3) is 0 Å². The lowest BCUT2D eigenvalue weighted by Crippen LogP contribution is -2.50. The molecule has 1 heterocycles. The molecule has 0 bridgehead atoms. The third kappa shape index (κ3) is 4.05. The van der Waals surface area contributed by atoms with Crippen molar-refractivity contribution in [3.63, 3.8) is 0 Å². The number of benzene rings is 1. The Kier molecular flexibility index (Phi) is 5.55. The first-order chi connectivity index (χ1) is 11.3. The SMILES string of the molecule is COc1ccccc1CNC(=O)CN1CCCC2CCCCC21. The summed E-state index contributed by atoms with van der Waals surface area (Å²) >= 11 is 0. The lowest BCUT2D eigenvalue weighted by molar-refractivity contribution is -0.124. The molecule has 1 aromatic carbocycles. The Hall–Kier alpha value is -1.55. The number of likely N-dealkylation sites (tertiary alicyclic amines) is 1. The van der Waals surface area contributed by atoms with Crippen LogP contribution in [0.2, 0.25) is 0 Å². The Morgan fingerprint density at radius 1 is 1.22 bits per heavy atom. The zero-order valence-corrected chi connectivity index (χ0v) is 14.1. The van der Waals surface area contributed by atoms with Crippen LogP contribution in [0.4, 0.5) is 0 Å². The van der Waals surface area contributed by atoms with E-state index in [1.807, 2.05) is 24.3 Å². The number of ether oxygens (including phenoxy) is 1. The first-order valence-corrected chi connectivity index (χ1v) is 8.90. The minimum Gasteiger partial charge on any atom is -0.496 e. The number of methoxy groups -OCH3 is 1. The van der Waals surface area contributed by atoms with Crippen molar-refractivity contribution in [2.75, 3.05) is 20.2 Å². The number of fused-ring (bicyclic) bond motifs is 1. The highest BCUT2D eigenvalue weighted by Gasteiger charge is 2.33. The van der Waals surface area contributed by atoms with E-state index in [2.05, 4.69) is 10.2 Å². The summed E-state index contributed by atoms with van der Waals surface area (Å²) in [6.07, 6.45) is 7.90. The van der Waals surface area contributed by atoms with Gasteiger partial charge in [0, 0.05) is 18.2 Å². The van der Waals surface area contributed by atoms with Crippen molar-refractivity contribution in [1.29, 1.82) is 0 Å². The lowest BCUT2D eigenvalue weighted by atomic mass is 9.78. The molecule has 0 spiro atoms. The molecule has 2 aliphatic rings. The zero-order valence-electron chi connectivity index (χ0n) is 14.1. The number of carbonyl (C=O) groups excluding carboxylic acids is 1.